The molecule has 0 radical (unpaired) electrons. The van der Waals surface area contributed by atoms with Gasteiger partial charge in [0.25, 0.3) is 0 Å². The van der Waals surface area contributed by atoms with Crippen LogP contribution in [0.5, 0.6) is 0 Å². The number of benzene rings is 1. The number of aromatic nitrogens is 2. The molecule has 1 aromatic carbocycles. The number of halogens is 3. The van der Waals surface area contributed by atoms with E-state index in [9.17, 15) is 8.78 Å². The van der Waals surface area contributed by atoms with Crippen molar-refractivity contribution in [1.29, 1.82) is 0 Å². The maximum atomic E-state index is 13.7. The highest BCUT2D eigenvalue weighted by atomic mass is 35.5. The molecule has 1 heterocycles. The predicted molar refractivity (Wildman–Crippen MR) is 62.7 cm³/mol. The van der Waals surface area contributed by atoms with E-state index in [2.05, 4.69) is 5.10 Å². The van der Waals surface area contributed by atoms with Crippen LogP contribution in [0.3, 0.4) is 0 Å². The maximum absolute atomic E-state index is 13.7. The van der Waals surface area contributed by atoms with Crippen molar-refractivity contribution in [2.24, 2.45) is 7.05 Å². The van der Waals surface area contributed by atoms with Crippen molar-refractivity contribution in [2.45, 2.75) is 6.92 Å². The van der Waals surface area contributed by atoms with Gasteiger partial charge in [-0.05, 0) is 19.1 Å². The number of aryl methyl sites for hydroxylation is 2. The van der Waals surface area contributed by atoms with Gasteiger partial charge in [-0.25, -0.2) is 8.78 Å². The third-order valence-corrected chi connectivity index (χ3v) is 2.93. The fraction of sp³-hybridized carbons (Fsp3) is 0.182. The molecule has 0 aliphatic rings. The first kappa shape index (κ1) is 11.9. The minimum absolute atomic E-state index is 0.0465. The number of hydrogen-bond acceptors (Lipinski definition) is 2. The summed E-state index contributed by atoms with van der Waals surface area (Å²) in [4.78, 5) is 0. The van der Waals surface area contributed by atoms with Crippen LogP contribution in [0.4, 0.5) is 14.6 Å². The molecule has 0 aliphatic heterocycles. The Morgan fingerprint density at radius 2 is 1.82 bits per heavy atom. The van der Waals surface area contributed by atoms with Crippen LogP contribution < -0.4 is 5.73 Å². The second kappa shape index (κ2) is 4.00. The van der Waals surface area contributed by atoms with Crippen LogP contribution in [0.1, 0.15) is 5.69 Å². The molecule has 0 aliphatic carbocycles. The van der Waals surface area contributed by atoms with Gasteiger partial charge in [0, 0.05) is 12.6 Å². The molecule has 90 valence electrons. The Morgan fingerprint density at radius 3 is 2.35 bits per heavy atom. The second-order valence-electron chi connectivity index (χ2n) is 3.69. The lowest BCUT2D eigenvalue weighted by Gasteiger charge is -2.07. The molecule has 0 bridgehead atoms. The first-order chi connectivity index (χ1) is 7.93. The lowest BCUT2D eigenvalue weighted by Crippen LogP contribution is -1.99. The monoisotopic (exact) mass is 257 g/mol. The molecule has 0 fully saturated rings. The van der Waals surface area contributed by atoms with Gasteiger partial charge >= 0.3 is 0 Å². The Balaban J connectivity index is 2.81. The van der Waals surface area contributed by atoms with Crippen molar-refractivity contribution < 1.29 is 8.78 Å². The van der Waals surface area contributed by atoms with Crippen molar-refractivity contribution in [2.75, 3.05) is 5.73 Å². The average Bonchev–Trinajstić information content (AvgIpc) is 2.51. The molecule has 0 saturated carbocycles. The van der Waals surface area contributed by atoms with Crippen molar-refractivity contribution in [3.8, 4) is 11.1 Å². The molecule has 3 nitrogen and oxygen atoms in total. The highest BCUT2D eigenvalue weighted by molar-refractivity contribution is 6.33. The molecule has 0 unspecified atom stereocenters. The molecular formula is C11H10ClF2N3. The summed E-state index contributed by atoms with van der Waals surface area (Å²) in [6.07, 6.45) is 0. The summed E-state index contributed by atoms with van der Waals surface area (Å²) in [5.41, 5.74) is 6.55. The molecule has 2 N–H and O–H groups in total. The largest absolute Gasteiger partial charge is 0.383 e. The SMILES string of the molecule is Cc1nn(C)c(N)c1-c1c(F)ccc(F)c1Cl. The number of hydrogen-bond donors (Lipinski definition) is 1. The Morgan fingerprint density at radius 1 is 1.24 bits per heavy atom. The van der Waals surface area contributed by atoms with Crippen LogP contribution in [0.25, 0.3) is 11.1 Å². The van der Waals surface area contributed by atoms with Crippen LogP contribution in [0, 0.1) is 18.6 Å². The average molecular weight is 258 g/mol. The van der Waals surface area contributed by atoms with Crippen LogP contribution in [0.15, 0.2) is 12.1 Å². The van der Waals surface area contributed by atoms with E-state index in [1.165, 1.54) is 4.68 Å². The molecule has 1 aromatic heterocycles. The summed E-state index contributed by atoms with van der Waals surface area (Å²) in [6, 6.07) is 1.99. The number of nitrogens with two attached hydrogens (primary N) is 1. The maximum Gasteiger partial charge on any atom is 0.142 e. The third kappa shape index (κ3) is 1.76. The highest BCUT2D eigenvalue weighted by Crippen LogP contribution is 2.37. The van der Waals surface area contributed by atoms with Gasteiger partial charge in [0.15, 0.2) is 0 Å². The summed E-state index contributed by atoms with van der Waals surface area (Å²) in [5, 5.41) is 3.76. The zero-order chi connectivity index (χ0) is 12.7. The Hall–Kier alpha value is -1.62. The first-order valence-electron chi connectivity index (χ1n) is 4.86. The zero-order valence-electron chi connectivity index (χ0n) is 9.26. The van der Waals surface area contributed by atoms with E-state index in [1.54, 1.807) is 14.0 Å². The van der Waals surface area contributed by atoms with E-state index in [1.807, 2.05) is 0 Å². The van der Waals surface area contributed by atoms with Crippen molar-refractivity contribution in [3.63, 3.8) is 0 Å². The van der Waals surface area contributed by atoms with Crippen LogP contribution in [-0.4, -0.2) is 9.78 Å². The third-order valence-electron chi connectivity index (χ3n) is 2.56. The van der Waals surface area contributed by atoms with Gasteiger partial charge < -0.3 is 5.73 Å². The van der Waals surface area contributed by atoms with E-state index in [-0.39, 0.29) is 16.4 Å². The van der Waals surface area contributed by atoms with Gasteiger partial charge in [0.05, 0.1) is 16.3 Å². The lowest BCUT2D eigenvalue weighted by atomic mass is 10.0. The quantitative estimate of drug-likeness (QED) is 0.799. The Bertz CT molecular complexity index is 593. The molecular weight excluding hydrogens is 248 g/mol. The van der Waals surface area contributed by atoms with E-state index in [4.69, 9.17) is 17.3 Å². The highest BCUT2D eigenvalue weighted by Gasteiger charge is 2.21. The van der Waals surface area contributed by atoms with Crippen LogP contribution >= 0.6 is 11.6 Å². The van der Waals surface area contributed by atoms with Crippen LogP contribution in [-0.2, 0) is 7.05 Å². The van der Waals surface area contributed by atoms with Gasteiger partial charge in [0.2, 0.25) is 0 Å². The zero-order valence-corrected chi connectivity index (χ0v) is 10.0. The van der Waals surface area contributed by atoms with Gasteiger partial charge in [-0.1, -0.05) is 11.6 Å². The summed E-state index contributed by atoms with van der Waals surface area (Å²) >= 11 is 5.78. The van der Waals surface area contributed by atoms with Crippen molar-refractivity contribution in [1.82, 2.24) is 9.78 Å². The minimum Gasteiger partial charge on any atom is -0.383 e. The Kier molecular flexibility index (Phi) is 2.79. The van der Waals surface area contributed by atoms with E-state index < -0.39 is 11.6 Å². The summed E-state index contributed by atoms with van der Waals surface area (Å²) < 4.78 is 28.5. The molecule has 0 atom stereocenters. The van der Waals surface area contributed by atoms with E-state index in [0.29, 0.717) is 11.3 Å². The molecule has 2 rings (SSSR count). The second-order valence-corrected chi connectivity index (χ2v) is 4.07. The number of anilines is 1. The van der Waals surface area contributed by atoms with Crippen LogP contribution in [0.2, 0.25) is 5.02 Å². The molecule has 0 spiro atoms. The summed E-state index contributed by atoms with van der Waals surface area (Å²) in [6.45, 7) is 1.66. The standard InChI is InChI=1S/C11H10ClF2N3/c1-5-8(11(15)17(2)16-5)9-6(13)3-4-7(14)10(9)12/h3-4H,15H2,1-2H3. The lowest BCUT2D eigenvalue weighted by molar-refractivity contribution is 0.603. The molecule has 0 amide bonds. The molecule has 2 aromatic rings. The van der Waals surface area contributed by atoms with Gasteiger partial charge in [-0.3, -0.25) is 4.68 Å². The first-order valence-corrected chi connectivity index (χ1v) is 5.24. The number of nitrogens with zero attached hydrogens (tertiary/aromatic N) is 2. The Labute approximate surface area is 102 Å². The van der Waals surface area contributed by atoms with Gasteiger partial charge in [-0.2, -0.15) is 5.10 Å². The fourth-order valence-corrected chi connectivity index (χ4v) is 1.99. The van der Waals surface area contributed by atoms with Crippen molar-refractivity contribution in [3.05, 3.63) is 34.5 Å². The fourth-order valence-electron chi connectivity index (χ4n) is 1.74. The molecule has 6 heteroatoms. The summed E-state index contributed by atoms with van der Waals surface area (Å²) in [7, 11) is 1.62. The van der Waals surface area contributed by atoms with E-state index in [0.717, 1.165) is 12.1 Å². The van der Waals surface area contributed by atoms with E-state index >= 15 is 0 Å². The number of rotatable bonds is 1. The smallest absolute Gasteiger partial charge is 0.142 e. The molecule has 17 heavy (non-hydrogen) atoms. The van der Waals surface area contributed by atoms with Gasteiger partial charge in [-0.15, -0.1) is 0 Å². The number of nitrogen functional groups attached to an aromatic ring is 1. The predicted octanol–water partition coefficient (Wildman–Crippen LogP) is 2.91. The molecule has 0 saturated heterocycles. The topological polar surface area (TPSA) is 43.8 Å². The normalized spacial score (nSPS) is 10.9. The minimum atomic E-state index is -0.689. The van der Waals surface area contributed by atoms with Crippen molar-refractivity contribution >= 4 is 17.4 Å². The summed E-state index contributed by atoms with van der Waals surface area (Å²) in [5.74, 6) is -1.07. The van der Waals surface area contributed by atoms with Gasteiger partial charge in [0.1, 0.15) is 17.5 Å².